The molecule has 1 aromatic carbocycles. The Hall–Kier alpha value is -1.02. The lowest BCUT2D eigenvalue weighted by Crippen LogP contribution is -2.29. The fraction of sp³-hybridized carbons (Fsp3) is 0.600. The van der Waals surface area contributed by atoms with Gasteiger partial charge in [-0.25, -0.2) is 0 Å². The summed E-state index contributed by atoms with van der Waals surface area (Å²) in [4.78, 5) is 0. The molecule has 0 aliphatic carbocycles. The molecular weight excluding hydrogens is 212 g/mol. The first kappa shape index (κ1) is 12.4. The summed E-state index contributed by atoms with van der Waals surface area (Å²) in [6, 6.07) is 4.21. The molecule has 94 valence electrons. The number of aliphatic hydroxyl groups is 1. The summed E-state index contributed by atoms with van der Waals surface area (Å²) in [6.45, 7) is 10.9. The van der Waals surface area contributed by atoms with Crippen molar-refractivity contribution in [2.75, 3.05) is 6.61 Å². The van der Waals surface area contributed by atoms with Crippen LogP contribution in [0.1, 0.15) is 50.8 Å². The van der Waals surface area contributed by atoms with E-state index in [1.165, 1.54) is 11.1 Å². The Kier molecular flexibility index (Phi) is 2.74. The molecule has 2 nitrogen and oxygen atoms in total. The number of rotatable bonds is 1. The monoisotopic (exact) mass is 234 g/mol. The zero-order valence-electron chi connectivity index (χ0n) is 11.4. The van der Waals surface area contributed by atoms with Gasteiger partial charge in [-0.3, -0.25) is 0 Å². The highest BCUT2D eigenvalue weighted by atomic mass is 16.5. The maximum atomic E-state index is 10.3. The standard InChI is InChI=1S/C15H22O2/c1-10-8-11-13(12(9-10)15(4,5)16)17-7-6-14(11,2)3/h8-9,16H,6-7H2,1-5H3. The van der Waals surface area contributed by atoms with E-state index in [9.17, 15) is 5.11 Å². The van der Waals surface area contributed by atoms with Gasteiger partial charge in [0.25, 0.3) is 0 Å². The van der Waals surface area contributed by atoms with Crippen molar-refractivity contribution in [3.05, 3.63) is 28.8 Å². The van der Waals surface area contributed by atoms with E-state index in [1.54, 1.807) is 0 Å². The third kappa shape index (κ3) is 2.19. The zero-order chi connectivity index (χ0) is 12.8. The van der Waals surface area contributed by atoms with Crippen LogP contribution >= 0.6 is 0 Å². The summed E-state index contributed by atoms with van der Waals surface area (Å²) >= 11 is 0. The van der Waals surface area contributed by atoms with Gasteiger partial charge in [-0.2, -0.15) is 0 Å². The van der Waals surface area contributed by atoms with Crippen molar-refractivity contribution < 1.29 is 9.84 Å². The van der Waals surface area contributed by atoms with Gasteiger partial charge in [0.2, 0.25) is 0 Å². The quantitative estimate of drug-likeness (QED) is 0.808. The Labute approximate surface area is 104 Å². The average molecular weight is 234 g/mol. The van der Waals surface area contributed by atoms with E-state index in [4.69, 9.17) is 4.74 Å². The first-order valence-electron chi connectivity index (χ1n) is 6.22. The van der Waals surface area contributed by atoms with E-state index in [0.29, 0.717) is 0 Å². The SMILES string of the molecule is Cc1cc(C(C)(C)O)c2c(c1)C(C)(C)CCO2. The first-order chi connectivity index (χ1) is 7.72. The van der Waals surface area contributed by atoms with Crippen LogP contribution in [0.3, 0.4) is 0 Å². The van der Waals surface area contributed by atoms with Crippen LogP contribution in [0.15, 0.2) is 12.1 Å². The smallest absolute Gasteiger partial charge is 0.129 e. The molecular formula is C15H22O2. The summed E-state index contributed by atoms with van der Waals surface area (Å²) in [5.41, 5.74) is 2.57. The highest BCUT2D eigenvalue weighted by Gasteiger charge is 2.33. The molecule has 0 amide bonds. The predicted octanol–water partition coefficient (Wildman–Crippen LogP) is 3.28. The van der Waals surface area contributed by atoms with Gasteiger partial charge < -0.3 is 9.84 Å². The second kappa shape index (κ2) is 3.74. The number of benzene rings is 1. The van der Waals surface area contributed by atoms with E-state index in [-0.39, 0.29) is 5.41 Å². The summed E-state index contributed by atoms with van der Waals surface area (Å²) in [5, 5.41) is 10.3. The van der Waals surface area contributed by atoms with Gasteiger partial charge in [-0.15, -0.1) is 0 Å². The van der Waals surface area contributed by atoms with Crippen molar-refractivity contribution >= 4 is 0 Å². The first-order valence-corrected chi connectivity index (χ1v) is 6.22. The molecule has 0 radical (unpaired) electrons. The molecule has 1 aromatic rings. The lowest BCUT2D eigenvalue weighted by Gasteiger charge is -2.36. The topological polar surface area (TPSA) is 29.5 Å². The fourth-order valence-electron chi connectivity index (χ4n) is 2.43. The van der Waals surface area contributed by atoms with Gasteiger partial charge in [-0.05, 0) is 38.7 Å². The molecule has 17 heavy (non-hydrogen) atoms. The fourth-order valence-corrected chi connectivity index (χ4v) is 2.43. The number of aryl methyl sites for hydroxylation is 1. The van der Waals surface area contributed by atoms with E-state index in [1.807, 2.05) is 19.9 Å². The van der Waals surface area contributed by atoms with Gasteiger partial charge in [0.1, 0.15) is 5.75 Å². The molecule has 0 aromatic heterocycles. The maximum Gasteiger partial charge on any atom is 0.129 e. The van der Waals surface area contributed by atoms with Crippen LogP contribution in [0.4, 0.5) is 0 Å². The van der Waals surface area contributed by atoms with E-state index in [2.05, 4.69) is 26.8 Å². The summed E-state index contributed by atoms with van der Waals surface area (Å²) in [6.07, 6.45) is 1.02. The maximum absolute atomic E-state index is 10.3. The molecule has 1 heterocycles. The van der Waals surface area contributed by atoms with Gasteiger partial charge in [-0.1, -0.05) is 25.5 Å². The van der Waals surface area contributed by atoms with Crippen molar-refractivity contribution in [2.24, 2.45) is 0 Å². The molecule has 1 N–H and O–H groups in total. The highest BCUT2D eigenvalue weighted by molar-refractivity contribution is 5.51. The van der Waals surface area contributed by atoms with Crippen LogP contribution in [0, 0.1) is 6.92 Å². The van der Waals surface area contributed by atoms with Crippen LogP contribution in [-0.4, -0.2) is 11.7 Å². The Morgan fingerprint density at radius 1 is 1.29 bits per heavy atom. The molecule has 1 aliphatic heterocycles. The zero-order valence-corrected chi connectivity index (χ0v) is 11.4. The van der Waals surface area contributed by atoms with Crippen molar-refractivity contribution in [3.63, 3.8) is 0 Å². The average Bonchev–Trinajstić information content (AvgIpc) is 2.16. The molecule has 2 heteroatoms. The second-order valence-corrected chi connectivity index (χ2v) is 6.23. The number of ether oxygens (including phenoxy) is 1. The Morgan fingerprint density at radius 2 is 1.94 bits per heavy atom. The van der Waals surface area contributed by atoms with Gasteiger partial charge >= 0.3 is 0 Å². The van der Waals surface area contributed by atoms with Crippen molar-refractivity contribution in [3.8, 4) is 5.75 Å². The minimum atomic E-state index is -0.858. The summed E-state index contributed by atoms with van der Waals surface area (Å²) < 4.78 is 5.81. The molecule has 0 atom stereocenters. The normalized spacial score (nSPS) is 18.5. The lowest BCUT2D eigenvalue weighted by atomic mass is 9.77. The van der Waals surface area contributed by atoms with Crippen molar-refractivity contribution in [2.45, 2.75) is 52.1 Å². The van der Waals surface area contributed by atoms with Crippen molar-refractivity contribution in [1.29, 1.82) is 0 Å². The highest BCUT2D eigenvalue weighted by Crippen LogP contribution is 2.44. The van der Waals surface area contributed by atoms with Crippen LogP contribution in [0.5, 0.6) is 5.75 Å². The minimum absolute atomic E-state index is 0.125. The predicted molar refractivity (Wildman–Crippen MR) is 69.6 cm³/mol. The second-order valence-electron chi connectivity index (χ2n) is 6.23. The van der Waals surface area contributed by atoms with Crippen LogP contribution in [-0.2, 0) is 11.0 Å². The third-order valence-electron chi connectivity index (χ3n) is 3.59. The Morgan fingerprint density at radius 3 is 2.53 bits per heavy atom. The molecule has 0 bridgehead atoms. The van der Waals surface area contributed by atoms with Gasteiger partial charge in [0.05, 0.1) is 12.2 Å². The molecule has 1 aliphatic rings. The summed E-state index contributed by atoms with van der Waals surface area (Å²) in [7, 11) is 0. The van der Waals surface area contributed by atoms with Gasteiger partial charge in [0, 0.05) is 11.1 Å². The van der Waals surface area contributed by atoms with E-state index >= 15 is 0 Å². The lowest BCUT2D eigenvalue weighted by molar-refractivity contribution is 0.0727. The molecule has 0 saturated heterocycles. The molecule has 0 unspecified atom stereocenters. The van der Waals surface area contributed by atoms with E-state index < -0.39 is 5.60 Å². The van der Waals surface area contributed by atoms with Crippen LogP contribution in [0.2, 0.25) is 0 Å². The van der Waals surface area contributed by atoms with Gasteiger partial charge in [0.15, 0.2) is 0 Å². The number of hydrogen-bond donors (Lipinski definition) is 1. The molecule has 0 fully saturated rings. The summed E-state index contributed by atoms with van der Waals surface area (Å²) in [5.74, 6) is 0.888. The molecule has 0 saturated carbocycles. The third-order valence-corrected chi connectivity index (χ3v) is 3.59. The van der Waals surface area contributed by atoms with Crippen LogP contribution in [0.25, 0.3) is 0 Å². The van der Waals surface area contributed by atoms with Crippen LogP contribution < -0.4 is 4.74 Å². The minimum Gasteiger partial charge on any atom is -0.493 e. The largest absolute Gasteiger partial charge is 0.493 e. The number of fused-ring (bicyclic) bond motifs is 1. The Bertz CT molecular complexity index is 422. The molecule has 0 spiro atoms. The number of hydrogen-bond acceptors (Lipinski definition) is 2. The molecule has 2 rings (SSSR count). The van der Waals surface area contributed by atoms with E-state index in [0.717, 1.165) is 24.3 Å². The van der Waals surface area contributed by atoms with Crippen molar-refractivity contribution in [1.82, 2.24) is 0 Å². The Balaban J connectivity index is 2.68.